The number of ether oxygens (including phenoxy) is 1. The molecule has 1 unspecified atom stereocenters. The Balaban J connectivity index is 2.57. The highest BCUT2D eigenvalue weighted by molar-refractivity contribution is 5.90. The molecule has 1 aliphatic rings. The van der Waals surface area contributed by atoms with Crippen molar-refractivity contribution in [2.24, 2.45) is 5.73 Å². The molecule has 1 amide bonds. The lowest BCUT2D eigenvalue weighted by Gasteiger charge is -2.23. The Hall–Kier alpha value is -1.18. The van der Waals surface area contributed by atoms with Gasteiger partial charge in [-0.05, 0) is 6.42 Å². The number of hydrogen-bond donors (Lipinski definition) is 4. The van der Waals surface area contributed by atoms with Crippen molar-refractivity contribution in [1.82, 2.24) is 5.32 Å². The molecule has 1 aliphatic heterocycles. The second-order valence-electron chi connectivity index (χ2n) is 3.84. The van der Waals surface area contributed by atoms with Crippen molar-refractivity contribution in [2.75, 3.05) is 19.8 Å². The predicted molar refractivity (Wildman–Crippen MR) is 53.6 cm³/mol. The summed E-state index contributed by atoms with van der Waals surface area (Å²) in [5.41, 5.74) is 4.61. The zero-order valence-electron chi connectivity index (χ0n) is 8.81. The number of hydrogen-bond acceptors (Lipinski definition) is 5. The van der Waals surface area contributed by atoms with Crippen molar-refractivity contribution in [2.45, 2.75) is 24.4 Å². The van der Waals surface area contributed by atoms with Crippen LogP contribution in [-0.4, -0.2) is 53.5 Å². The number of aliphatic hydroxyl groups excluding tert-OH is 1. The summed E-state index contributed by atoms with van der Waals surface area (Å²) in [5.74, 6) is -1.74. The van der Waals surface area contributed by atoms with Gasteiger partial charge in [0.05, 0.1) is 6.61 Å². The molecule has 1 rings (SSSR count). The largest absolute Gasteiger partial charge is 0.480 e. The Bertz CT molecular complexity index is 275. The highest BCUT2D eigenvalue weighted by atomic mass is 16.5. The molecular formula is C9H16N2O5. The lowest BCUT2D eigenvalue weighted by molar-refractivity contribution is -0.143. The van der Waals surface area contributed by atoms with Crippen LogP contribution >= 0.6 is 0 Å². The molecule has 0 spiro atoms. The fraction of sp³-hybridized carbons (Fsp3) is 0.778. The topological polar surface area (TPSA) is 122 Å². The molecule has 1 heterocycles. The second-order valence-corrected chi connectivity index (χ2v) is 3.84. The quantitative estimate of drug-likeness (QED) is 0.437. The van der Waals surface area contributed by atoms with Gasteiger partial charge >= 0.3 is 5.97 Å². The molecule has 92 valence electrons. The molecule has 0 aromatic heterocycles. The number of carbonyl (C=O) groups is 2. The van der Waals surface area contributed by atoms with Gasteiger partial charge in [0.1, 0.15) is 11.6 Å². The number of carbonyl (C=O) groups excluding carboxylic acids is 1. The fourth-order valence-corrected chi connectivity index (χ4v) is 1.45. The summed E-state index contributed by atoms with van der Waals surface area (Å²) in [5, 5.41) is 19.7. The summed E-state index contributed by atoms with van der Waals surface area (Å²) in [6, 6.07) is -1.11. The summed E-state index contributed by atoms with van der Waals surface area (Å²) in [7, 11) is 0. The summed E-state index contributed by atoms with van der Waals surface area (Å²) in [6.07, 6.45) is 0.322. The van der Waals surface area contributed by atoms with Gasteiger partial charge in [-0.25, -0.2) is 4.79 Å². The van der Waals surface area contributed by atoms with Gasteiger partial charge in [-0.2, -0.15) is 0 Å². The number of amides is 1. The molecule has 0 bridgehead atoms. The van der Waals surface area contributed by atoms with Crippen LogP contribution < -0.4 is 11.1 Å². The van der Waals surface area contributed by atoms with E-state index in [0.29, 0.717) is 13.0 Å². The first-order chi connectivity index (χ1) is 7.49. The summed E-state index contributed by atoms with van der Waals surface area (Å²) in [6.45, 7) is 0.164. The molecule has 7 nitrogen and oxygen atoms in total. The first-order valence-electron chi connectivity index (χ1n) is 5.01. The van der Waals surface area contributed by atoms with Gasteiger partial charge in [-0.15, -0.1) is 0 Å². The van der Waals surface area contributed by atoms with Crippen LogP contribution in [0.2, 0.25) is 0 Å². The highest BCUT2D eigenvalue weighted by Gasteiger charge is 2.39. The van der Waals surface area contributed by atoms with Crippen LogP contribution in [0.5, 0.6) is 0 Å². The first kappa shape index (κ1) is 12.9. The van der Waals surface area contributed by atoms with E-state index < -0.39 is 23.5 Å². The van der Waals surface area contributed by atoms with E-state index in [-0.39, 0.29) is 19.6 Å². The molecule has 0 radical (unpaired) electrons. The molecule has 2 atom stereocenters. The van der Waals surface area contributed by atoms with Crippen LogP contribution in [0.1, 0.15) is 12.8 Å². The third kappa shape index (κ3) is 2.91. The van der Waals surface area contributed by atoms with Gasteiger partial charge in [0.2, 0.25) is 5.91 Å². The Kier molecular flexibility index (Phi) is 4.22. The third-order valence-electron chi connectivity index (χ3n) is 2.53. The molecule has 0 aromatic carbocycles. The number of aliphatic carboxylic acids is 1. The first-order valence-corrected chi connectivity index (χ1v) is 5.01. The molecule has 7 heteroatoms. The standard InChI is InChI=1S/C9H16N2O5/c10-9(2-4-16-5-9)8(15)11-6(1-3-12)7(13)14/h6,12H,1-5,10H2,(H,11,15)(H,13,14)/t6-,9?/m0/s1. The Labute approximate surface area is 92.6 Å². The van der Waals surface area contributed by atoms with Gasteiger partial charge in [-0.3, -0.25) is 4.79 Å². The van der Waals surface area contributed by atoms with E-state index in [1.807, 2.05) is 0 Å². The Morgan fingerprint density at radius 3 is 2.69 bits per heavy atom. The number of carboxylic acids is 1. The maximum absolute atomic E-state index is 11.7. The lowest BCUT2D eigenvalue weighted by Crippen LogP contribution is -2.58. The molecule has 1 fully saturated rings. The highest BCUT2D eigenvalue weighted by Crippen LogP contribution is 2.15. The molecule has 0 saturated carbocycles. The zero-order chi connectivity index (χ0) is 12.2. The van der Waals surface area contributed by atoms with Crippen LogP contribution in [0.25, 0.3) is 0 Å². The van der Waals surface area contributed by atoms with E-state index in [2.05, 4.69) is 5.32 Å². The van der Waals surface area contributed by atoms with Gasteiger partial charge in [-0.1, -0.05) is 0 Å². The van der Waals surface area contributed by atoms with E-state index in [0.717, 1.165) is 0 Å². The van der Waals surface area contributed by atoms with Gasteiger partial charge in [0.15, 0.2) is 0 Å². The molecule has 16 heavy (non-hydrogen) atoms. The molecule has 1 saturated heterocycles. The average Bonchev–Trinajstić information content (AvgIpc) is 2.65. The van der Waals surface area contributed by atoms with E-state index >= 15 is 0 Å². The van der Waals surface area contributed by atoms with Crippen molar-refractivity contribution in [3.8, 4) is 0 Å². The number of nitrogens with two attached hydrogens (primary N) is 1. The Morgan fingerprint density at radius 2 is 2.25 bits per heavy atom. The number of nitrogens with one attached hydrogen (secondary N) is 1. The number of rotatable bonds is 5. The third-order valence-corrected chi connectivity index (χ3v) is 2.53. The van der Waals surface area contributed by atoms with Gasteiger partial charge < -0.3 is 26.0 Å². The van der Waals surface area contributed by atoms with E-state index in [1.54, 1.807) is 0 Å². The van der Waals surface area contributed by atoms with Crippen LogP contribution in [-0.2, 0) is 14.3 Å². The van der Waals surface area contributed by atoms with E-state index in [1.165, 1.54) is 0 Å². The minimum Gasteiger partial charge on any atom is -0.480 e. The van der Waals surface area contributed by atoms with Crippen molar-refractivity contribution < 1.29 is 24.5 Å². The monoisotopic (exact) mass is 232 g/mol. The SMILES string of the molecule is NC1(C(=O)N[C@@H](CCO)C(=O)O)CCOC1. The maximum Gasteiger partial charge on any atom is 0.326 e. The molecule has 0 aliphatic carbocycles. The minimum atomic E-state index is -1.19. The molecule has 5 N–H and O–H groups in total. The van der Waals surface area contributed by atoms with Crippen molar-refractivity contribution in [3.63, 3.8) is 0 Å². The van der Waals surface area contributed by atoms with Gasteiger partial charge in [0, 0.05) is 19.6 Å². The van der Waals surface area contributed by atoms with Crippen LogP contribution in [0, 0.1) is 0 Å². The van der Waals surface area contributed by atoms with Crippen molar-refractivity contribution in [3.05, 3.63) is 0 Å². The van der Waals surface area contributed by atoms with Crippen LogP contribution in [0.3, 0.4) is 0 Å². The average molecular weight is 232 g/mol. The van der Waals surface area contributed by atoms with Crippen molar-refractivity contribution in [1.29, 1.82) is 0 Å². The van der Waals surface area contributed by atoms with Crippen LogP contribution in [0.15, 0.2) is 0 Å². The van der Waals surface area contributed by atoms with E-state index in [4.69, 9.17) is 20.7 Å². The fourth-order valence-electron chi connectivity index (χ4n) is 1.45. The zero-order valence-corrected chi connectivity index (χ0v) is 8.81. The van der Waals surface area contributed by atoms with Crippen LogP contribution in [0.4, 0.5) is 0 Å². The maximum atomic E-state index is 11.7. The number of aliphatic hydroxyl groups is 1. The normalized spacial score (nSPS) is 26.4. The summed E-state index contributed by atoms with van der Waals surface area (Å²) >= 11 is 0. The smallest absolute Gasteiger partial charge is 0.326 e. The van der Waals surface area contributed by atoms with Gasteiger partial charge in [0.25, 0.3) is 0 Å². The minimum absolute atomic E-state index is 0.0436. The second kappa shape index (κ2) is 5.24. The number of carboxylic acid groups (broad SMARTS) is 1. The molecule has 0 aromatic rings. The lowest BCUT2D eigenvalue weighted by atomic mass is 9.98. The molecular weight excluding hydrogens is 216 g/mol. The summed E-state index contributed by atoms with van der Waals surface area (Å²) < 4.78 is 5.00. The van der Waals surface area contributed by atoms with Crippen molar-refractivity contribution >= 4 is 11.9 Å². The summed E-state index contributed by atoms with van der Waals surface area (Å²) in [4.78, 5) is 22.4. The predicted octanol–water partition coefficient (Wildman–Crippen LogP) is -1.94. The van der Waals surface area contributed by atoms with E-state index in [9.17, 15) is 9.59 Å². The Morgan fingerprint density at radius 1 is 1.56 bits per heavy atom.